The molecule has 1 heterocycles. The molecule has 20 heavy (non-hydrogen) atoms. The van der Waals surface area contributed by atoms with Crippen LogP contribution in [0.1, 0.15) is 26.6 Å². The molecule has 1 aromatic carbocycles. The zero-order chi connectivity index (χ0) is 14.5. The monoisotopic (exact) mass is 285 g/mol. The Morgan fingerprint density at radius 2 is 2.25 bits per heavy atom. The minimum absolute atomic E-state index is 0.207. The van der Waals surface area contributed by atoms with E-state index < -0.39 is 0 Å². The summed E-state index contributed by atoms with van der Waals surface area (Å²) in [4.78, 5) is 16.3. The second-order valence-corrected chi connectivity index (χ2v) is 5.30. The van der Waals surface area contributed by atoms with Gasteiger partial charge in [0.1, 0.15) is 5.69 Å². The summed E-state index contributed by atoms with van der Waals surface area (Å²) in [7, 11) is 0. The van der Waals surface area contributed by atoms with Crippen LogP contribution in [0.2, 0.25) is 0 Å². The Balaban J connectivity index is 2.22. The first kappa shape index (κ1) is 14.3. The van der Waals surface area contributed by atoms with Crippen molar-refractivity contribution in [2.24, 2.45) is 5.73 Å². The Morgan fingerprint density at radius 1 is 1.45 bits per heavy atom. The van der Waals surface area contributed by atoms with Crippen LogP contribution < -0.4 is 11.1 Å². The standard InChI is InChI=1S/C15H15N3OS/c1-10-5-6-12(4-3-7-16)8-13(10)18-15(19)14-9-20-11(2)17-14/h5-6,8-9H,7,16H2,1-2H3,(H,18,19). The highest BCUT2D eigenvalue weighted by molar-refractivity contribution is 7.09. The second kappa shape index (κ2) is 6.33. The first-order valence-electron chi connectivity index (χ1n) is 6.13. The van der Waals surface area contributed by atoms with Crippen LogP contribution in [0.15, 0.2) is 23.6 Å². The average molecular weight is 285 g/mol. The predicted octanol–water partition coefficient (Wildman–Crippen LogP) is 2.32. The molecule has 2 rings (SSSR count). The third-order valence-electron chi connectivity index (χ3n) is 2.67. The number of rotatable bonds is 2. The van der Waals surface area contributed by atoms with Gasteiger partial charge in [-0.3, -0.25) is 4.79 Å². The maximum absolute atomic E-state index is 12.1. The zero-order valence-corrected chi connectivity index (χ0v) is 12.2. The fourth-order valence-corrected chi connectivity index (χ4v) is 2.23. The fraction of sp³-hybridized carbons (Fsp3) is 0.200. The molecule has 0 saturated heterocycles. The molecule has 4 nitrogen and oxygen atoms in total. The molecule has 0 aliphatic carbocycles. The highest BCUT2D eigenvalue weighted by atomic mass is 32.1. The lowest BCUT2D eigenvalue weighted by molar-refractivity contribution is 0.102. The summed E-state index contributed by atoms with van der Waals surface area (Å²) in [6, 6.07) is 5.66. The van der Waals surface area contributed by atoms with Gasteiger partial charge in [0.15, 0.2) is 0 Å². The number of thiazole rings is 1. The molecule has 0 spiro atoms. The van der Waals surface area contributed by atoms with Gasteiger partial charge in [-0.15, -0.1) is 11.3 Å². The summed E-state index contributed by atoms with van der Waals surface area (Å²) in [6.45, 7) is 4.12. The molecular weight excluding hydrogens is 270 g/mol. The van der Waals surface area contributed by atoms with E-state index in [0.717, 1.165) is 21.8 Å². The summed E-state index contributed by atoms with van der Waals surface area (Å²) in [6.07, 6.45) is 0. The van der Waals surface area contributed by atoms with E-state index in [1.54, 1.807) is 5.38 Å². The third-order valence-corrected chi connectivity index (χ3v) is 3.45. The average Bonchev–Trinajstić information content (AvgIpc) is 2.86. The molecule has 0 aliphatic rings. The van der Waals surface area contributed by atoms with Crippen molar-refractivity contribution in [3.8, 4) is 11.8 Å². The Hall–Kier alpha value is -2.16. The number of nitrogens with one attached hydrogen (secondary N) is 1. The molecule has 0 fully saturated rings. The van der Waals surface area contributed by atoms with Crippen molar-refractivity contribution in [2.45, 2.75) is 13.8 Å². The van der Waals surface area contributed by atoms with E-state index >= 15 is 0 Å². The topological polar surface area (TPSA) is 68.0 Å². The van der Waals surface area contributed by atoms with Gasteiger partial charge in [-0.2, -0.15) is 0 Å². The van der Waals surface area contributed by atoms with E-state index in [1.165, 1.54) is 11.3 Å². The van der Waals surface area contributed by atoms with Gasteiger partial charge in [0, 0.05) is 16.6 Å². The lowest BCUT2D eigenvalue weighted by Crippen LogP contribution is -2.13. The molecule has 5 heteroatoms. The quantitative estimate of drug-likeness (QED) is 0.832. The van der Waals surface area contributed by atoms with Crippen LogP contribution in [0.25, 0.3) is 0 Å². The smallest absolute Gasteiger partial charge is 0.275 e. The van der Waals surface area contributed by atoms with Crippen molar-refractivity contribution in [1.29, 1.82) is 0 Å². The number of nitrogens with two attached hydrogens (primary N) is 1. The Morgan fingerprint density at radius 3 is 2.90 bits per heavy atom. The summed E-state index contributed by atoms with van der Waals surface area (Å²) in [5.74, 6) is 5.54. The number of aromatic nitrogens is 1. The summed E-state index contributed by atoms with van der Waals surface area (Å²) >= 11 is 1.45. The third kappa shape index (κ3) is 3.44. The molecule has 1 aromatic heterocycles. The number of carbonyl (C=O) groups is 1. The van der Waals surface area contributed by atoms with Crippen LogP contribution in [-0.2, 0) is 0 Å². The van der Waals surface area contributed by atoms with Crippen LogP contribution in [0, 0.1) is 25.7 Å². The Labute approximate surface area is 122 Å². The molecule has 1 amide bonds. The van der Waals surface area contributed by atoms with Crippen molar-refractivity contribution in [3.05, 3.63) is 45.4 Å². The van der Waals surface area contributed by atoms with Gasteiger partial charge in [-0.05, 0) is 31.5 Å². The predicted molar refractivity (Wildman–Crippen MR) is 81.9 cm³/mol. The normalized spacial score (nSPS) is 9.75. The lowest BCUT2D eigenvalue weighted by atomic mass is 10.1. The first-order chi connectivity index (χ1) is 9.60. The van der Waals surface area contributed by atoms with Gasteiger partial charge >= 0.3 is 0 Å². The summed E-state index contributed by atoms with van der Waals surface area (Å²) in [5, 5.41) is 5.48. The Bertz CT molecular complexity index is 695. The first-order valence-corrected chi connectivity index (χ1v) is 7.01. The fourth-order valence-electron chi connectivity index (χ4n) is 1.64. The van der Waals surface area contributed by atoms with Gasteiger partial charge in [0.05, 0.1) is 11.6 Å². The second-order valence-electron chi connectivity index (χ2n) is 4.24. The molecule has 0 unspecified atom stereocenters. The van der Waals surface area contributed by atoms with Crippen molar-refractivity contribution in [2.75, 3.05) is 11.9 Å². The van der Waals surface area contributed by atoms with Gasteiger partial charge in [-0.25, -0.2) is 4.98 Å². The van der Waals surface area contributed by atoms with Gasteiger partial charge in [-0.1, -0.05) is 17.9 Å². The maximum Gasteiger partial charge on any atom is 0.275 e. The number of anilines is 1. The van der Waals surface area contributed by atoms with Crippen LogP contribution in [0.3, 0.4) is 0 Å². The Kier molecular flexibility index (Phi) is 4.51. The van der Waals surface area contributed by atoms with E-state index in [1.807, 2.05) is 32.0 Å². The van der Waals surface area contributed by atoms with Gasteiger partial charge < -0.3 is 11.1 Å². The van der Waals surface area contributed by atoms with E-state index in [4.69, 9.17) is 5.73 Å². The number of nitrogens with zero attached hydrogens (tertiary/aromatic N) is 1. The van der Waals surface area contributed by atoms with E-state index in [-0.39, 0.29) is 5.91 Å². The van der Waals surface area contributed by atoms with Crippen LogP contribution >= 0.6 is 11.3 Å². The maximum atomic E-state index is 12.1. The van der Waals surface area contributed by atoms with Crippen molar-refractivity contribution in [3.63, 3.8) is 0 Å². The molecule has 0 atom stereocenters. The molecule has 2 aromatic rings. The largest absolute Gasteiger partial charge is 0.320 e. The molecule has 0 saturated carbocycles. The number of carbonyl (C=O) groups excluding carboxylic acids is 1. The minimum atomic E-state index is -0.207. The molecule has 0 radical (unpaired) electrons. The molecule has 0 bridgehead atoms. The molecule has 3 N–H and O–H groups in total. The molecular formula is C15H15N3OS. The van der Waals surface area contributed by atoms with Crippen molar-refractivity contribution in [1.82, 2.24) is 4.98 Å². The zero-order valence-electron chi connectivity index (χ0n) is 11.4. The number of benzene rings is 1. The van der Waals surface area contributed by atoms with E-state index in [9.17, 15) is 4.79 Å². The van der Waals surface area contributed by atoms with Crippen molar-refractivity contribution >= 4 is 22.9 Å². The summed E-state index contributed by atoms with van der Waals surface area (Å²) < 4.78 is 0. The highest BCUT2D eigenvalue weighted by Crippen LogP contribution is 2.18. The van der Waals surface area contributed by atoms with Crippen LogP contribution in [0.5, 0.6) is 0 Å². The minimum Gasteiger partial charge on any atom is -0.320 e. The highest BCUT2D eigenvalue weighted by Gasteiger charge is 2.11. The van der Waals surface area contributed by atoms with Gasteiger partial charge in [0.2, 0.25) is 0 Å². The lowest BCUT2D eigenvalue weighted by Gasteiger charge is -2.07. The number of amides is 1. The molecule has 102 valence electrons. The van der Waals surface area contributed by atoms with Gasteiger partial charge in [0.25, 0.3) is 5.91 Å². The van der Waals surface area contributed by atoms with Crippen LogP contribution in [0.4, 0.5) is 5.69 Å². The SMILES string of the molecule is Cc1nc(C(=O)Nc2cc(C#CCN)ccc2C)cs1. The summed E-state index contributed by atoms with van der Waals surface area (Å²) in [5.41, 5.74) is 8.33. The number of hydrogen-bond donors (Lipinski definition) is 2. The van der Waals surface area contributed by atoms with Crippen LogP contribution in [-0.4, -0.2) is 17.4 Å². The van der Waals surface area contributed by atoms with E-state index in [0.29, 0.717) is 12.2 Å². The van der Waals surface area contributed by atoms with Crippen molar-refractivity contribution < 1.29 is 4.79 Å². The molecule has 0 aliphatic heterocycles. The number of aryl methyl sites for hydroxylation is 2. The number of hydrogen-bond acceptors (Lipinski definition) is 4. The van der Waals surface area contributed by atoms with E-state index in [2.05, 4.69) is 22.1 Å².